The second kappa shape index (κ2) is 4.13. The SMILES string of the molecule is O=C(O)C1CCCC(c2cccs2)C1. The van der Waals surface area contributed by atoms with E-state index in [-0.39, 0.29) is 5.92 Å². The Kier molecular flexibility index (Phi) is 2.87. The van der Waals surface area contributed by atoms with Crippen molar-refractivity contribution in [3.05, 3.63) is 22.4 Å². The van der Waals surface area contributed by atoms with Crippen LogP contribution >= 0.6 is 11.3 Å². The number of hydrogen-bond donors (Lipinski definition) is 1. The Morgan fingerprint density at radius 1 is 1.50 bits per heavy atom. The zero-order valence-corrected chi connectivity index (χ0v) is 8.80. The lowest BCUT2D eigenvalue weighted by Gasteiger charge is -2.25. The molecule has 0 amide bonds. The van der Waals surface area contributed by atoms with Crippen molar-refractivity contribution in [2.24, 2.45) is 5.92 Å². The number of carboxylic acid groups (broad SMARTS) is 1. The van der Waals surface area contributed by atoms with Gasteiger partial charge in [0.15, 0.2) is 0 Å². The molecule has 0 spiro atoms. The van der Waals surface area contributed by atoms with Gasteiger partial charge in [-0.15, -0.1) is 11.3 Å². The van der Waals surface area contributed by atoms with Gasteiger partial charge in [0.2, 0.25) is 0 Å². The van der Waals surface area contributed by atoms with E-state index in [2.05, 4.69) is 11.4 Å². The van der Waals surface area contributed by atoms with Crippen LogP contribution in [0.1, 0.15) is 36.5 Å². The molecule has 0 saturated heterocycles. The van der Waals surface area contributed by atoms with Crippen molar-refractivity contribution in [1.82, 2.24) is 0 Å². The molecule has 2 atom stereocenters. The fourth-order valence-electron chi connectivity index (χ4n) is 2.20. The van der Waals surface area contributed by atoms with Crippen LogP contribution in [0.15, 0.2) is 17.5 Å². The highest BCUT2D eigenvalue weighted by Crippen LogP contribution is 2.37. The number of hydrogen-bond acceptors (Lipinski definition) is 2. The number of thiophene rings is 1. The molecule has 0 aliphatic heterocycles. The fraction of sp³-hybridized carbons (Fsp3) is 0.545. The second-order valence-electron chi connectivity index (χ2n) is 3.91. The summed E-state index contributed by atoms with van der Waals surface area (Å²) in [6.07, 6.45) is 3.90. The molecule has 76 valence electrons. The van der Waals surface area contributed by atoms with Gasteiger partial charge in [0.25, 0.3) is 0 Å². The van der Waals surface area contributed by atoms with Gasteiger partial charge in [0.05, 0.1) is 5.92 Å². The standard InChI is InChI=1S/C11H14O2S/c12-11(13)9-4-1-3-8(7-9)10-5-2-6-14-10/h2,5-6,8-9H,1,3-4,7H2,(H,12,13). The van der Waals surface area contributed by atoms with Crippen LogP contribution in [0.5, 0.6) is 0 Å². The van der Waals surface area contributed by atoms with Crippen LogP contribution in [0.2, 0.25) is 0 Å². The highest BCUT2D eigenvalue weighted by Gasteiger charge is 2.27. The lowest BCUT2D eigenvalue weighted by molar-refractivity contribution is -0.142. The van der Waals surface area contributed by atoms with Crippen molar-refractivity contribution >= 4 is 17.3 Å². The molecule has 1 aliphatic carbocycles. The molecular formula is C11H14O2S. The summed E-state index contributed by atoms with van der Waals surface area (Å²) in [7, 11) is 0. The maximum absolute atomic E-state index is 10.9. The normalized spacial score (nSPS) is 27.4. The number of rotatable bonds is 2. The molecular weight excluding hydrogens is 196 g/mol. The highest BCUT2D eigenvalue weighted by molar-refractivity contribution is 7.10. The van der Waals surface area contributed by atoms with E-state index in [1.807, 2.05) is 6.07 Å². The van der Waals surface area contributed by atoms with E-state index in [4.69, 9.17) is 5.11 Å². The average molecular weight is 210 g/mol. The second-order valence-corrected chi connectivity index (χ2v) is 4.89. The Labute approximate surface area is 87.6 Å². The van der Waals surface area contributed by atoms with Gasteiger partial charge < -0.3 is 5.11 Å². The minimum Gasteiger partial charge on any atom is -0.481 e. The Bertz CT molecular complexity index is 305. The summed E-state index contributed by atoms with van der Waals surface area (Å²) in [4.78, 5) is 12.2. The summed E-state index contributed by atoms with van der Waals surface area (Å²) in [6.45, 7) is 0. The quantitative estimate of drug-likeness (QED) is 0.814. The van der Waals surface area contributed by atoms with Crippen LogP contribution in [-0.4, -0.2) is 11.1 Å². The summed E-state index contributed by atoms with van der Waals surface area (Å²) in [5.41, 5.74) is 0. The Balaban J connectivity index is 2.04. The zero-order chi connectivity index (χ0) is 9.97. The lowest BCUT2D eigenvalue weighted by Crippen LogP contribution is -2.21. The van der Waals surface area contributed by atoms with Crippen molar-refractivity contribution in [1.29, 1.82) is 0 Å². The minimum atomic E-state index is -0.619. The number of carbonyl (C=O) groups is 1. The van der Waals surface area contributed by atoms with Crippen molar-refractivity contribution in [2.75, 3.05) is 0 Å². The van der Waals surface area contributed by atoms with Gasteiger partial charge in [-0.25, -0.2) is 0 Å². The topological polar surface area (TPSA) is 37.3 Å². The van der Waals surface area contributed by atoms with Gasteiger partial charge in [-0.05, 0) is 36.6 Å². The largest absolute Gasteiger partial charge is 0.481 e. The first-order chi connectivity index (χ1) is 6.77. The maximum Gasteiger partial charge on any atom is 0.306 e. The molecule has 2 unspecified atom stereocenters. The summed E-state index contributed by atoms with van der Waals surface area (Å²) < 4.78 is 0. The predicted molar refractivity (Wildman–Crippen MR) is 56.7 cm³/mol. The van der Waals surface area contributed by atoms with Crippen LogP contribution in [0.25, 0.3) is 0 Å². The van der Waals surface area contributed by atoms with Crippen LogP contribution in [0.3, 0.4) is 0 Å². The van der Waals surface area contributed by atoms with Gasteiger partial charge in [0, 0.05) is 4.88 Å². The van der Waals surface area contributed by atoms with Crippen LogP contribution < -0.4 is 0 Å². The molecule has 1 saturated carbocycles. The van der Waals surface area contributed by atoms with Gasteiger partial charge in [-0.1, -0.05) is 12.5 Å². The van der Waals surface area contributed by atoms with E-state index in [0.717, 1.165) is 25.7 Å². The van der Waals surface area contributed by atoms with Gasteiger partial charge in [-0.3, -0.25) is 4.79 Å². The maximum atomic E-state index is 10.9. The van der Waals surface area contributed by atoms with Crippen molar-refractivity contribution < 1.29 is 9.90 Å². The lowest BCUT2D eigenvalue weighted by atomic mass is 9.81. The van der Waals surface area contributed by atoms with Crippen LogP contribution in [0.4, 0.5) is 0 Å². The molecule has 1 aromatic rings. The number of aliphatic carboxylic acids is 1. The molecule has 1 heterocycles. The smallest absolute Gasteiger partial charge is 0.306 e. The molecule has 0 aromatic carbocycles. The van der Waals surface area contributed by atoms with E-state index in [9.17, 15) is 4.79 Å². The third-order valence-electron chi connectivity index (χ3n) is 2.97. The summed E-state index contributed by atoms with van der Waals surface area (Å²) in [5, 5.41) is 11.0. The molecule has 1 N–H and O–H groups in total. The third-order valence-corrected chi connectivity index (χ3v) is 4.00. The zero-order valence-electron chi connectivity index (χ0n) is 7.98. The van der Waals surface area contributed by atoms with Crippen molar-refractivity contribution in [3.63, 3.8) is 0 Å². The van der Waals surface area contributed by atoms with E-state index >= 15 is 0 Å². The average Bonchev–Trinajstić information content (AvgIpc) is 2.71. The molecule has 1 aromatic heterocycles. The molecule has 1 aliphatic rings. The summed E-state index contributed by atoms with van der Waals surface area (Å²) in [5.74, 6) is -0.244. The fourth-order valence-corrected chi connectivity index (χ4v) is 3.07. The van der Waals surface area contributed by atoms with Crippen molar-refractivity contribution in [2.45, 2.75) is 31.6 Å². The predicted octanol–water partition coefficient (Wildman–Crippen LogP) is 3.11. The van der Waals surface area contributed by atoms with E-state index in [1.165, 1.54) is 4.88 Å². The van der Waals surface area contributed by atoms with E-state index in [1.54, 1.807) is 11.3 Å². The molecule has 0 bridgehead atoms. The van der Waals surface area contributed by atoms with Gasteiger partial charge in [0.1, 0.15) is 0 Å². The molecule has 2 nitrogen and oxygen atoms in total. The Morgan fingerprint density at radius 2 is 2.36 bits per heavy atom. The molecule has 2 rings (SSSR count). The van der Waals surface area contributed by atoms with Crippen molar-refractivity contribution in [3.8, 4) is 0 Å². The first-order valence-electron chi connectivity index (χ1n) is 5.03. The Morgan fingerprint density at radius 3 is 3.00 bits per heavy atom. The monoisotopic (exact) mass is 210 g/mol. The van der Waals surface area contributed by atoms with Crippen LogP contribution in [0, 0.1) is 5.92 Å². The first kappa shape index (κ1) is 9.71. The molecule has 0 radical (unpaired) electrons. The Hall–Kier alpha value is -0.830. The molecule has 14 heavy (non-hydrogen) atoms. The van der Waals surface area contributed by atoms with E-state index in [0.29, 0.717) is 5.92 Å². The third kappa shape index (κ3) is 1.98. The number of carboxylic acids is 1. The first-order valence-corrected chi connectivity index (χ1v) is 5.91. The summed E-state index contributed by atoms with van der Waals surface area (Å²) in [6, 6.07) is 4.17. The van der Waals surface area contributed by atoms with E-state index < -0.39 is 5.97 Å². The van der Waals surface area contributed by atoms with Crippen LogP contribution in [-0.2, 0) is 4.79 Å². The molecule has 3 heteroatoms. The van der Waals surface area contributed by atoms with Gasteiger partial charge >= 0.3 is 5.97 Å². The van der Waals surface area contributed by atoms with Gasteiger partial charge in [-0.2, -0.15) is 0 Å². The highest BCUT2D eigenvalue weighted by atomic mass is 32.1. The minimum absolute atomic E-state index is 0.115. The molecule has 1 fully saturated rings. The summed E-state index contributed by atoms with van der Waals surface area (Å²) >= 11 is 1.75.